The summed E-state index contributed by atoms with van der Waals surface area (Å²) in [5.74, 6) is 1.70. The summed E-state index contributed by atoms with van der Waals surface area (Å²) in [5.41, 5.74) is 3.45. The van der Waals surface area contributed by atoms with Crippen molar-refractivity contribution in [3.05, 3.63) is 84.7 Å². The predicted molar refractivity (Wildman–Crippen MR) is 147 cm³/mol. The van der Waals surface area contributed by atoms with Gasteiger partial charge in [0.2, 0.25) is 5.91 Å². The Morgan fingerprint density at radius 2 is 1.92 bits per heavy atom. The molecule has 11 nitrogen and oxygen atoms in total. The van der Waals surface area contributed by atoms with Crippen LogP contribution in [0.5, 0.6) is 11.5 Å². The number of anilines is 2. The number of carbonyl (C=O) groups is 1. The van der Waals surface area contributed by atoms with Gasteiger partial charge in [0.05, 0.1) is 5.02 Å². The molecule has 12 heteroatoms. The maximum atomic E-state index is 11.6. The maximum Gasteiger partial charge on any atom is 0.243 e. The summed E-state index contributed by atoms with van der Waals surface area (Å²) in [7, 11) is 0. The summed E-state index contributed by atoms with van der Waals surface area (Å²) in [5, 5.41) is 15.3. The molecule has 1 saturated heterocycles. The number of halogens is 1. The minimum absolute atomic E-state index is 0.112. The normalized spacial score (nSPS) is 14.5. The number of hydrogen-bond acceptors (Lipinski definition) is 8. The van der Waals surface area contributed by atoms with Crippen molar-refractivity contribution >= 4 is 40.2 Å². The van der Waals surface area contributed by atoms with E-state index in [2.05, 4.69) is 48.3 Å². The van der Waals surface area contributed by atoms with Crippen molar-refractivity contribution in [2.45, 2.75) is 25.4 Å². The second-order valence-corrected chi connectivity index (χ2v) is 9.75. The van der Waals surface area contributed by atoms with Crippen LogP contribution in [0.3, 0.4) is 0 Å². The van der Waals surface area contributed by atoms with Gasteiger partial charge in [0, 0.05) is 49.8 Å². The van der Waals surface area contributed by atoms with Crippen LogP contribution in [0.2, 0.25) is 5.02 Å². The molecule has 2 N–H and O–H groups in total. The summed E-state index contributed by atoms with van der Waals surface area (Å²) in [4.78, 5) is 22.6. The van der Waals surface area contributed by atoms with Crippen molar-refractivity contribution in [2.75, 3.05) is 18.4 Å². The molecule has 1 amide bonds. The van der Waals surface area contributed by atoms with Crippen LogP contribution in [0, 0.1) is 0 Å². The zero-order valence-corrected chi connectivity index (χ0v) is 21.8. The molecule has 0 saturated carbocycles. The number of benzene rings is 1. The monoisotopic (exact) mass is 543 g/mol. The highest BCUT2D eigenvalue weighted by atomic mass is 35.5. The van der Waals surface area contributed by atoms with Gasteiger partial charge in [0.25, 0.3) is 0 Å². The van der Waals surface area contributed by atoms with E-state index in [0.717, 1.165) is 49.2 Å². The number of aromatic nitrogens is 6. The fourth-order valence-corrected chi connectivity index (χ4v) is 4.92. The number of piperidine rings is 1. The Kier molecular flexibility index (Phi) is 6.82. The Labute approximate surface area is 229 Å². The molecule has 4 aromatic heterocycles. The van der Waals surface area contributed by atoms with Gasteiger partial charge >= 0.3 is 0 Å². The second kappa shape index (κ2) is 10.7. The van der Waals surface area contributed by atoms with Gasteiger partial charge in [-0.3, -0.25) is 9.69 Å². The van der Waals surface area contributed by atoms with Crippen molar-refractivity contribution in [3.63, 3.8) is 0 Å². The van der Waals surface area contributed by atoms with Crippen molar-refractivity contribution in [2.24, 2.45) is 0 Å². The molecule has 0 radical (unpaired) electrons. The molecule has 5 heterocycles. The number of amides is 1. The molecule has 0 atom stereocenters. The lowest BCUT2D eigenvalue weighted by Crippen LogP contribution is -2.43. The van der Waals surface area contributed by atoms with E-state index in [9.17, 15) is 4.79 Å². The lowest BCUT2D eigenvalue weighted by Gasteiger charge is -2.31. The number of rotatable bonds is 8. The zero-order valence-electron chi connectivity index (χ0n) is 21.0. The van der Waals surface area contributed by atoms with Crippen LogP contribution in [-0.2, 0) is 11.3 Å². The number of pyridine rings is 1. The molecule has 6 rings (SSSR count). The topological polar surface area (TPSA) is 114 Å². The molecule has 1 fully saturated rings. The molecule has 0 bridgehead atoms. The molecule has 0 spiro atoms. The number of ether oxygens (including phenoxy) is 1. The second-order valence-electron chi connectivity index (χ2n) is 9.35. The first-order valence-corrected chi connectivity index (χ1v) is 12.9. The van der Waals surface area contributed by atoms with Gasteiger partial charge < -0.3 is 15.4 Å². The SMILES string of the molecule is C=CC(=O)NC1CCN(Cc2cc3c(Nc4ccc(Oc5ccn6ncnc6c5)c(Cl)c4)ncnn3c2)CC1. The van der Waals surface area contributed by atoms with Crippen molar-refractivity contribution in [1.82, 2.24) is 39.4 Å². The van der Waals surface area contributed by atoms with E-state index in [1.165, 1.54) is 18.7 Å². The van der Waals surface area contributed by atoms with Gasteiger partial charge in [-0.25, -0.2) is 19.0 Å². The van der Waals surface area contributed by atoms with Crippen LogP contribution in [-0.4, -0.2) is 59.1 Å². The third-order valence-electron chi connectivity index (χ3n) is 6.66. The van der Waals surface area contributed by atoms with Crippen molar-refractivity contribution < 1.29 is 9.53 Å². The minimum atomic E-state index is -0.112. The van der Waals surface area contributed by atoms with Gasteiger partial charge in [-0.05, 0) is 54.8 Å². The third kappa shape index (κ3) is 5.54. The molecule has 1 aliphatic heterocycles. The number of hydrogen-bond donors (Lipinski definition) is 2. The summed E-state index contributed by atoms with van der Waals surface area (Å²) in [6.45, 7) is 6.13. The van der Waals surface area contributed by atoms with Crippen molar-refractivity contribution in [3.8, 4) is 11.5 Å². The number of nitrogens with one attached hydrogen (secondary N) is 2. The van der Waals surface area contributed by atoms with E-state index in [-0.39, 0.29) is 11.9 Å². The number of nitrogens with zero attached hydrogens (tertiary/aromatic N) is 7. The Bertz CT molecular complexity index is 1660. The standard InChI is InChI=1S/C27H26ClN9O2/c1-2-26(38)33-19-5-8-35(9-6-19)14-18-11-23-27(30-17-32-37(23)15-18)34-20-3-4-24(22(28)12-20)39-21-7-10-36-25(13-21)29-16-31-36/h2-4,7,10-13,15-17,19H,1,5-6,8-9,14H2,(H,33,38)(H,30,32,34). The number of likely N-dealkylation sites (tertiary alicyclic amines) is 1. The molecular formula is C27H26ClN9O2. The fourth-order valence-electron chi connectivity index (χ4n) is 4.70. The lowest BCUT2D eigenvalue weighted by molar-refractivity contribution is -0.117. The molecule has 39 heavy (non-hydrogen) atoms. The smallest absolute Gasteiger partial charge is 0.243 e. The van der Waals surface area contributed by atoms with Gasteiger partial charge in [0.1, 0.15) is 29.7 Å². The van der Waals surface area contributed by atoms with Crippen molar-refractivity contribution in [1.29, 1.82) is 0 Å². The first-order valence-electron chi connectivity index (χ1n) is 12.6. The van der Waals surface area contributed by atoms with Crippen LogP contribution in [0.1, 0.15) is 18.4 Å². The Morgan fingerprint density at radius 3 is 2.74 bits per heavy atom. The van der Waals surface area contributed by atoms with E-state index in [0.29, 0.717) is 28.0 Å². The number of fused-ring (bicyclic) bond motifs is 2. The van der Waals surface area contributed by atoms with E-state index in [1.807, 2.05) is 22.8 Å². The minimum Gasteiger partial charge on any atom is -0.456 e. The van der Waals surface area contributed by atoms with Crippen LogP contribution >= 0.6 is 11.6 Å². The van der Waals surface area contributed by atoms with Gasteiger partial charge in [0.15, 0.2) is 11.5 Å². The zero-order chi connectivity index (χ0) is 26.8. The average Bonchev–Trinajstić information content (AvgIpc) is 3.58. The highest BCUT2D eigenvalue weighted by Gasteiger charge is 2.21. The van der Waals surface area contributed by atoms with E-state index >= 15 is 0 Å². The van der Waals surface area contributed by atoms with E-state index < -0.39 is 0 Å². The van der Waals surface area contributed by atoms with E-state index in [1.54, 1.807) is 28.9 Å². The third-order valence-corrected chi connectivity index (χ3v) is 6.96. The summed E-state index contributed by atoms with van der Waals surface area (Å²) in [6.07, 6.45) is 9.95. The quantitative estimate of drug-likeness (QED) is 0.280. The molecule has 198 valence electrons. The molecule has 5 aromatic rings. The first-order chi connectivity index (χ1) is 19.0. The molecule has 1 aromatic carbocycles. The van der Waals surface area contributed by atoms with Crippen LogP contribution in [0.15, 0.2) is 74.1 Å². The van der Waals surface area contributed by atoms with Crippen LogP contribution < -0.4 is 15.4 Å². The van der Waals surface area contributed by atoms with Crippen LogP contribution in [0.4, 0.5) is 11.5 Å². The highest BCUT2D eigenvalue weighted by molar-refractivity contribution is 6.32. The predicted octanol–water partition coefficient (Wildman–Crippen LogP) is 4.23. The lowest BCUT2D eigenvalue weighted by atomic mass is 10.0. The Hall–Kier alpha value is -4.48. The van der Waals surface area contributed by atoms with Gasteiger partial charge in [-0.15, -0.1) is 0 Å². The molecule has 1 aliphatic rings. The Balaban J connectivity index is 1.12. The summed E-state index contributed by atoms with van der Waals surface area (Å²) in [6, 6.07) is 11.4. The largest absolute Gasteiger partial charge is 0.456 e. The Morgan fingerprint density at radius 1 is 1.10 bits per heavy atom. The molecule has 0 unspecified atom stereocenters. The average molecular weight is 544 g/mol. The fraction of sp³-hybridized carbons (Fsp3) is 0.222. The van der Waals surface area contributed by atoms with Crippen LogP contribution in [0.25, 0.3) is 11.2 Å². The number of carbonyl (C=O) groups excluding carboxylic acids is 1. The maximum absolute atomic E-state index is 11.6. The van der Waals surface area contributed by atoms with E-state index in [4.69, 9.17) is 16.3 Å². The summed E-state index contributed by atoms with van der Waals surface area (Å²) >= 11 is 6.55. The van der Waals surface area contributed by atoms with Gasteiger partial charge in [-0.1, -0.05) is 18.2 Å². The summed E-state index contributed by atoms with van der Waals surface area (Å²) < 4.78 is 9.45. The van der Waals surface area contributed by atoms with Gasteiger partial charge in [-0.2, -0.15) is 10.2 Å². The molecular weight excluding hydrogens is 518 g/mol. The highest BCUT2D eigenvalue weighted by Crippen LogP contribution is 2.33. The first kappa shape index (κ1) is 24.8. The molecule has 0 aliphatic carbocycles.